The molecule has 1 N–H and O–H groups in total. The van der Waals surface area contributed by atoms with Crippen LogP contribution >= 0.6 is 0 Å². The second-order valence-electron chi connectivity index (χ2n) is 8.21. The summed E-state index contributed by atoms with van der Waals surface area (Å²) in [5, 5.41) is 7.25. The minimum Gasteiger partial charge on any atom is -0.361 e. The van der Waals surface area contributed by atoms with Gasteiger partial charge >= 0.3 is 6.18 Å². The van der Waals surface area contributed by atoms with Crippen LogP contribution < -0.4 is 10.2 Å². The van der Waals surface area contributed by atoms with Gasteiger partial charge in [0.05, 0.1) is 29.8 Å². The van der Waals surface area contributed by atoms with Gasteiger partial charge in [-0.25, -0.2) is 0 Å². The van der Waals surface area contributed by atoms with Crippen molar-refractivity contribution in [2.75, 3.05) is 17.3 Å². The largest absolute Gasteiger partial charge is 0.433 e. The van der Waals surface area contributed by atoms with E-state index in [1.807, 2.05) is 38.1 Å². The molecule has 3 aromatic rings. The zero-order chi connectivity index (χ0) is 23.8. The van der Waals surface area contributed by atoms with Crippen molar-refractivity contribution in [1.29, 1.82) is 0 Å². The molecule has 0 spiro atoms. The Kier molecular flexibility index (Phi) is 6.09. The highest BCUT2D eigenvalue weighted by atomic mass is 19.4. The molecule has 1 aliphatic heterocycles. The van der Waals surface area contributed by atoms with E-state index >= 15 is 0 Å². The van der Waals surface area contributed by atoms with Gasteiger partial charge in [0.15, 0.2) is 0 Å². The van der Waals surface area contributed by atoms with E-state index in [9.17, 15) is 18.0 Å². The predicted molar refractivity (Wildman–Crippen MR) is 118 cm³/mol. The first-order chi connectivity index (χ1) is 15.7. The molecule has 1 aliphatic rings. The lowest BCUT2D eigenvalue weighted by Gasteiger charge is -2.35. The van der Waals surface area contributed by atoms with Crippen LogP contribution in [0.1, 0.15) is 41.6 Å². The number of hydrogen-bond acceptors (Lipinski definition) is 5. The molecule has 174 valence electrons. The Hall–Kier alpha value is -3.43. The van der Waals surface area contributed by atoms with Crippen LogP contribution in [0.25, 0.3) is 0 Å². The van der Waals surface area contributed by atoms with Crippen molar-refractivity contribution in [2.24, 2.45) is 0 Å². The fraction of sp³-hybridized carbons (Fsp3) is 0.391. The van der Waals surface area contributed by atoms with Crippen molar-refractivity contribution in [3.05, 3.63) is 65.0 Å². The number of nitrogens with one attached hydrogen (secondary N) is 1. The third-order valence-corrected chi connectivity index (χ3v) is 5.83. The molecule has 0 saturated carbocycles. The zero-order valence-electron chi connectivity index (χ0n) is 18.6. The van der Waals surface area contributed by atoms with E-state index in [0.717, 1.165) is 40.6 Å². The summed E-state index contributed by atoms with van der Waals surface area (Å²) >= 11 is 0. The van der Waals surface area contributed by atoms with Crippen LogP contribution in [0.3, 0.4) is 0 Å². The Morgan fingerprint density at radius 3 is 2.70 bits per heavy atom. The first-order valence-corrected chi connectivity index (χ1v) is 10.7. The van der Waals surface area contributed by atoms with Crippen LogP contribution in [-0.4, -0.2) is 38.7 Å². The molecule has 4 rings (SSSR count). The lowest BCUT2D eigenvalue weighted by Crippen LogP contribution is -2.46. The zero-order valence-corrected chi connectivity index (χ0v) is 18.6. The van der Waals surface area contributed by atoms with Gasteiger partial charge < -0.3 is 10.2 Å². The van der Waals surface area contributed by atoms with Gasteiger partial charge in [0.1, 0.15) is 11.7 Å². The summed E-state index contributed by atoms with van der Waals surface area (Å²) in [6, 6.07) is 4.39. The van der Waals surface area contributed by atoms with E-state index in [2.05, 4.69) is 20.4 Å². The normalized spacial score (nSPS) is 16.0. The number of aromatic nitrogens is 4. The first-order valence-electron chi connectivity index (χ1n) is 10.7. The van der Waals surface area contributed by atoms with E-state index in [1.54, 1.807) is 16.9 Å². The van der Waals surface area contributed by atoms with E-state index < -0.39 is 11.9 Å². The number of carbonyl (C=O) groups is 1. The van der Waals surface area contributed by atoms with Crippen LogP contribution in [0.2, 0.25) is 0 Å². The molecule has 0 bridgehead atoms. The van der Waals surface area contributed by atoms with Crippen molar-refractivity contribution in [2.45, 2.75) is 51.9 Å². The van der Waals surface area contributed by atoms with Crippen molar-refractivity contribution < 1.29 is 18.0 Å². The van der Waals surface area contributed by atoms with Gasteiger partial charge in [-0.15, -0.1) is 0 Å². The quantitative estimate of drug-likeness (QED) is 0.604. The van der Waals surface area contributed by atoms with Crippen LogP contribution in [0.4, 0.5) is 24.5 Å². The van der Waals surface area contributed by atoms with Crippen molar-refractivity contribution in [3.8, 4) is 0 Å². The SMILES string of the molecule is CC[C@H]1C(=O)Nc2c(cc(CCc3cnn(Cc4ccnc(C(F)(F)F)c4)c3)nc2C)N1C. The van der Waals surface area contributed by atoms with Crippen LogP contribution in [-0.2, 0) is 30.4 Å². The molecule has 0 saturated heterocycles. The number of anilines is 2. The Labute approximate surface area is 189 Å². The average Bonchev–Trinajstić information content (AvgIpc) is 3.20. The lowest BCUT2D eigenvalue weighted by atomic mass is 10.0. The minimum atomic E-state index is -4.47. The standard InChI is InChI=1S/C23H25F3N6O/c1-4-18-22(33)30-21-14(2)29-17(10-19(21)31(18)3)6-5-16-11-28-32(13-16)12-15-7-8-27-20(9-15)23(24,25)26/h7-11,13,18H,4-6,12H2,1-3H3,(H,30,33)/t18-/m0/s1. The fourth-order valence-corrected chi connectivity index (χ4v) is 4.10. The van der Waals surface area contributed by atoms with E-state index in [0.29, 0.717) is 24.8 Å². The van der Waals surface area contributed by atoms with Gasteiger partial charge in [-0.05, 0) is 55.5 Å². The smallest absolute Gasteiger partial charge is 0.361 e. The number of hydrogen-bond donors (Lipinski definition) is 1. The number of nitrogens with zero attached hydrogens (tertiary/aromatic N) is 5. The van der Waals surface area contributed by atoms with Crippen LogP contribution in [0.5, 0.6) is 0 Å². The number of fused-ring (bicyclic) bond motifs is 1. The average molecular weight is 458 g/mol. The van der Waals surface area contributed by atoms with Crippen molar-refractivity contribution >= 4 is 17.3 Å². The molecule has 0 fully saturated rings. The molecule has 10 heteroatoms. The summed E-state index contributed by atoms with van der Waals surface area (Å²) in [4.78, 5) is 22.3. The summed E-state index contributed by atoms with van der Waals surface area (Å²) in [5.41, 5.74) is 3.91. The molecular formula is C23H25F3N6O. The summed E-state index contributed by atoms with van der Waals surface area (Å²) in [6.45, 7) is 4.09. The fourth-order valence-electron chi connectivity index (χ4n) is 4.10. The molecule has 1 atom stereocenters. The number of likely N-dealkylation sites (N-methyl/N-ethyl adjacent to an activating group) is 1. The van der Waals surface area contributed by atoms with Crippen LogP contribution in [0.15, 0.2) is 36.8 Å². The van der Waals surface area contributed by atoms with Crippen LogP contribution in [0, 0.1) is 6.92 Å². The first kappa shape index (κ1) is 22.8. The molecule has 0 aliphatic carbocycles. The monoisotopic (exact) mass is 458 g/mol. The number of halogens is 3. The van der Waals surface area contributed by atoms with Gasteiger partial charge in [-0.1, -0.05) is 6.92 Å². The molecular weight excluding hydrogens is 433 g/mol. The Bertz CT molecular complexity index is 1170. The molecule has 33 heavy (non-hydrogen) atoms. The molecule has 7 nitrogen and oxygen atoms in total. The maximum Gasteiger partial charge on any atom is 0.433 e. The second-order valence-corrected chi connectivity index (χ2v) is 8.21. The predicted octanol–water partition coefficient (Wildman–Crippen LogP) is 4.00. The Morgan fingerprint density at radius 2 is 1.97 bits per heavy atom. The number of aryl methyl sites for hydroxylation is 3. The van der Waals surface area contributed by atoms with E-state index in [4.69, 9.17) is 0 Å². The van der Waals surface area contributed by atoms with Crippen molar-refractivity contribution in [3.63, 3.8) is 0 Å². The molecule has 3 aromatic heterocycles. The van der Waals surface area contributed by atoms with E-state index in [1.165, 1.54) is 0 Å². The summed E-state index contributed by atoms with van der Waals surface area (Å²) in [7, 11) is 1.92. The lowest BCUT2D eigenvalue weighted by molar-refractivity contribution is -0.141. The summed E-state index contributed by atoms with van der Waals surface area (Å²) in [6.07, 6.45) is 2.30. The molecule has 0 radical (unpaired) electrons. The highest BCUT2D eigenvalue weighted by Crippen LogP contribution is 2.34. The third kappa shape index (κ3) is 4.84. The highest BCUT2D eigenvalue weighted by Gasteiger charge is 2.32. The van der Waals surface area contributed by atoms with E-state index in [-0.39, 0.29) is 18.5 Å². The number of amides is 1. The topological polar surface area (TPSA) is 75.9 Å². The molecule has 0 unspecified atom stereocenters. The summed E-state index contributed by atoms with van der Waals surface area (Å²) < 4.78 is 40.2. The minimum absolute atomic E-state index is 0.0193. The molecule has 4 heterocycles. The maximum absolute atomic E-state index is 12.9. The molecule has 0 aromatic carbocycles. The third-order valence-electron chi connectivity index (χ3n) is 5.83. The number of pyridine rings is 2. The van der Waals surface area contributed by atoms with Gasteiger partial charge in [-0.2, -0.15) is 18.3 Å². The second kappa shape index (κ2) is 8.84. The van der Waals surface area contributed by atoms with Gasteiger partial charge in [0.2, 0.25) is 5.91 Å². The summed E-state index contributed by atoms with van der Waals surface area (Å²) in [5.74, 6) is -0.0193. The molecule has 1 amide bonds. The Balaban J connectivity index is 1.45. The number of carbonyl (C=O) groups excluding carboxylic acids is 1. The maximum atomic E-state index is 12.9. The van der Waals surface area contributed by atoms with Gasteiger partial charge in [0.25, 0.3) is 0 Å². The number of rotatable bonds is 6. The Morgan fingerprint density at radius 1 is 1.18 bits per heavy atom. The number of alkyl halides is 3. The van der Waals surface area contributed by atoms with Crippen molar-refractivity contribution in [1.82, 2.24) is 19.7 Å². The highest BCUT2D eigenvalue weighted by molar-refractivity contribution is 6.04. The van der Waals surface area contributed by atoms with Gasteiger partial charge in [0, 0.05) is 25.1 Å². The van der Waals surface area contributed by atoms with Gasteiger partial charge in [-0.3, -0.25) is 19.4 Å².